The molecule has 0 aliphatic heterocycles. The molecule has 0 spiro atoms. The molecule has 0 saturated heterocycles. The smallest absolute Gasteiger partial charge is 0.122 e. The highest BCUT2D eigenvalue weighted by Gasteiger charge is 2.24. The van der Waals surface area contributed by atoms with Gasteiger partial charge in [0.15, 0.2) is 0 Å². The molecule has 0 heterocycles. The summed E-state index contributed by atoms with van der Waals surface area (Å²) < 4.78 is 5.43. The van der Waals surface area contributed by atoms with Gasteiger partial charge in [0.2, 0.25) is 0 Å². The standard InChI is InChI=1S/C13H19NO.ClH/c1-3-14-12-8-4-7-11-10(12)6-5-9-13(11)15-2;/h5-6,9,12,14H,3-4,7-8H2,1-2H3;1H/t12-;/m0./s1. The number of nitrogens with two attached hydrogens (primary N) is 1. The Morgan fingerprint density at radius 2 is 2.25 bits per heavy atom. The average molecular weight is 242 g/mol. The summed E-state index contributed by atoms with van der Waals surface area (Å²) in [5.74, 6) is 1.07. The molecule has 1 aliphatic rings. The second-order valence-corrected chi connectivity index (χ2v) is 4.17. The molecule has 2 rings (SSSR count). The van der Waals surface area contributed by atoms with Crippen LogP contribution in [0.25, 0.3) is 0 Å². The van der Waals surface area contributed by atoms with Crippen molar-refractivity contribution < 1.29 is 22.5 Å². The summed E-state index contributed by atoms with van der Waals surface area (Å²) in [6.07, 6.45) is 3.76. The first kappa shape index (κ1) is 13.3. The lowest BCUT2D eigenvalue weighted by molar-refractivity contribution is -0.694. The van der Waals surface area contributed by atoms with Gasteiger partial charge in [0.1, 0.15) is 11.8 Å². The third-order valence-corrected chi connectivity index (χ3v) is 3.25. The van der Waals surface area contributed by atoms with Gasteiger partial charge < -0.3 is 22.5 Å². The van der Waals surface area contributed by atoms with Crippen molar-refractivity contribution in [3.63, 3.8) is 0 Å². The number of fused-ring (bicyclic) bond motifs is 1. The molecule has 1 atom stereocenters. The van der Waals surface area contributed by atoms with E-state index in [9.17, 15) is 0 Å². The molecule has 0 unspecified atom stereocenters. The molecule has 2 nitrogen and oxygen atoms in total. The zero-order chi connectivity index (χ0) is 10.7. The summed E-state index contributed by atoms with van der Waals surface area (Å²) in [5, 5.41) is 2.43. The molecular weight excluding hydrogens is 222 g/mol. The van der Waals surface area contributed by atoms with E-state index >= 15 is 0 Å². The molecule has 0 amide bonds. The monoisotopic (exact) mass is 241 g/mol. The Morgan fingerprint density at radius 1 is 1.44 bits per heavy atom. The van der Waals surface area contributed by atoms with Crippen molar-refractivity contribution in [2.24, 2.45) is 0 Å². The average Bonchev–Trinajstić information content (AvgIpc) is 2.29. The lowest BCUT2D eigenvalue weighted by Gasteiger charge is -2.24. The minimum Gasteiger partial charge on any atom is -1.00 e. The van der Waals surface area contributed by atoms with Crippen LogP contribution in [0.5, 0.6) is 5.75 Å². The zero-order valence-electron chi connectivity index (χ0n) is 10.0. The van der Waals surface area contributed by atoms with E-state index in [-0.39, 0.29) is 12.4 Å². The van der Waals surface area contributed by atoms with Crippen LogP contribution in [0.4, 0.5) is 0 Å². The van der Waals surface area contributed by atoms with Crippen LogP contribution < -0.4 is 22.5 Å². The molecular formula is C13H20ClNO. The van der Waals surface area contributed by atoms with Crippen LogP contribution in [0.2, 0.25) is 0 Å². The second kappa shape index (κ2) is 6.12. The largest absolute Gasteiger partial charge is 1.00 e. The fourth-order valence-corrected chi connectivity index (χ4v) is 2.57. The van der Waals surface area contributed by atoms with Crippen molar-refractivity contribution >= 4 is 0 Å². The highest BCUT2D eigenvalue weighted by Crippen LogP contribution is 2.33. The van der Waals surface area contributed by atoms with Crippen LogP contribution >= 0.6 is 0 Å². The number of hydrogen-bond donors (Lipinski definition) is 1. The molecule has 0 fully saturated rings. The van der Waals surface area contributed by atoms with Gasteiger partial charge in [-0.15, -0.1) is 0 Å². The highest BCUT2D eigenvalue weighted by molar-refractivity contribution is 5.42. The van der Waals surface area contributed by atoms with Crippen molar-refractivity contribution in [2.75, 3.05) is 13.7 Å². The second-order valence-electron chi connectivity index (χ2n) is 4.17. The quantitative estimate of drug-likeness (QED) is 0.697. The zero-order valence-corrected chi connectivity index (χ0v) is 10.8. The number of methoxy groups -OCH3 is 1. The van der Waals surface area contributed by atoms with E-state index in [1.807, 2.05) is 0 Å². The van der Waals surface area contributed by atoms with E-state index in [0.29, 0.717) is 6.04 Å². The fraction of sp³-hybridized carbons (Fsp3) is 0.538. The normalized spacial score (nSPS) is 18.5. The van der Waals surface area contributed by atoms with Crippen molar-refractivity contribution in [1.82, 2.24) is 0 Å². The Kier molecular flexibility index (Phi) is 5.10. The van der Waals surface area contributed by atoms with Crippen molar-refractivity contribution in [1.29, 1.82) is 0 Å². The van der Waals surface area contributed by atoms with Gasteiger partial charge in [0.25, 0.3) is 0 Å². The van der Waals surface area contributed by atoms with Gasteiger partial charge in [0.05, 0.1) is 13.7 Å². The fourth-order valence-electron chi connectivity index (χ4n) is 2.57. The predicted molar refractivity (Wildman–Crippen MR) is 61.1 cm³/mol. The van der Waals surface area contributed by atoms with Gasteiger partial charge in [-0.2, -0.15) is 0 Å². The van der Waals surface area contributed by atoms with Crippen LogP contribution in [0.3, 0.4) is 0 Å². The van der Waals surface area contributed by atoms with Crippen LogP contribution in [0, 0.1) is 0 Å². The number of hydrogen-bond acceptors (Lipinski definition) is 1. The van der Waals surface area contributed by atoms with E-state index < -0.39 is 0 Å². The first-order valence-electron chi connectivity index (χ1n) is 5.86. The van der Waals surface area contributed by atoms with E-state index in [1.165, 1.54) is 30.4 Å². The van der Waals surface area contributed by atoms with Gasteiger partial charge in [-0.3, -0.25) is 0 Å². The molecule has 0 radical (unpaired) electrons. The first-order valence-corrected chi connectivity index (χ1v) is 5.86. The Labute approximate surface area is 104 Å². The number of halogens is 1. The van der Waals surface area contributed by atoms with Crippen molar-refractivity contribution in [3.05, 3.63) is 29.3 Å². The maximum Gasteiger partial charge on any atom is 0.122 e. The molecule has 3 heteroatoms. The number of rotatable bonds is 3. The van der Waals surface area contributed by atoms with Gasteiger partial charge >= 0.3 is 0 Å². The maximum absolute atomic E-state index is 5.43. The lowest BCUT2D eigenvalue weighted by Crippen LogP contribution is -3.00. The Morgan fingerprint density at radius 3 is 2.94 bits per heavy atom. The molecule has 1 aromatic rings. The number of ether oxygens (including phenoxy) is 1. The highest BCUT2D eigenvalue weighted by atomic mass is 35.5. The molecule has 0 saturated carbocycles. The minimum atomic E-state index is 0. The Hall–Kier alpha value is -0.730. The molecule has 2 N–H and O–H groups in total. The summed E-state index contributed by atoms with van der Waals surface area (Å²) >= 11 is 0. The van der Waals surface area contributed by atoms with E-state index in [4.69, 9.17) is 4.74 Å². The van der Waals surface area contributed by atoms with E-state index in [1.54, 1.807) is 7.11 Å². The number of quaternary nitrogens is 1. The van der Waals surface area contributed by atoms with Crippen molar-refractivity contribution in [2.45, 2.75) is 32.2 Å². The molecule has 0 bridgehead atoms. The van der Waals surface area contributed by atoms with E-state index in [2.05, 4.69) is 30.4 Å². The SMILES string of the molecule is CC[NH2+][C@H]1CCCc2c(OC)cccc21.[Cl-]. The van der Waals surface area contributed by atoms with Crippen LogP contribution in [-0.2, 0) is 6.42 Å². The Bertz CT molecular complexity index is 341. The van der Waals surface area contributed by atoms with E-state index in [0.717, 1.165) is 12.3 Å². The van der Waals surface area contributed by atoms with Crippen LogP contribution in [0.1, 0.15) is 36.9 Å². The van der Waals surface area contributed by atoms with Gasteiger partial charge in [-0.25, -0.2) is 0 Å². The number of benzene rings is 1. The summed E-state index contributed by atoms with van der Waals surface area (Å²) in [6.45, 7) is 3.37. The maximum atomic E-state index is 5.43. The van der Waals surface area contributed by atoms with Crippen LogP contribution in [0.15, 0.2) is 18.2 Å². The van der Waals surface area contributed by atoms with Gasteiger partial charge in [-0.05, 0) is 25.8 Å². The molecule has 0 aromatic heterocycles. The molecule has 16 heavy (non-hydrogen) atoms. The molecule has 90 valence electrons. The third-order valence-electron chi connectivity index (χ3n) is 3.25. The predicted octanol–water partition coefficient (Wildman–Crippen LogP) is -1.34. The summed E-state index contributed by atoms with van der Waals surface area (Å²) in [5.41, 5.74) is 2.92. The molecule has 1 aliphatic carbocycles. The third kappa shape index (κ3) is 2.50. The Balaban J connectivity index is 0.00000128. The minimum absolute atomic E-state index is 0. The summed E-state index contributed by atoms with van der Waals surface area (Å²) in [4.78, 5) is 0. The lowest BCUT2D eigenvalue weighted by atomic mass is 9.87. The first-order chi connectivity index (χ1) is 7.36. The van der Waals surface area contributed by atoms with Crippen molar-refractivity contribution in [3.8, 4) is 5.75 Å². The van der Waals surface area contributed by atoms with Crippen LogP contribution in [-0.4, -0.2) is 13.7 Å². The van der Waals surface area contributed by atoms with Gasteiger partial charge in [-0.1, -0.05) is 12.1 Å². The summed E-state index contributed by atoms with van der Waals surface area (Å²) in [7, 11) is 1.77. The topological polar surface area (TPSA) is 25.8 Å². The summed E-state index contributed by atoms with van der Waals surface area (Å²) in [6, 6.07) is 7.09. The molecule has 1 aromatic carbocycles. The van der Waals surface area contributed by atoms with Gasteiger partial charge in [0, 0.05) is 17.5 Å².